The van der Waals surface area contributed by atoms with Crippen LogP contribution >= 0.6 is 11.8 Å². The first-order valence-electron chi connectivity index (χ1n) is 8.90. The summed E-state index contributed by atoms with van der Waals surface area (Å²) in [5, 5.41) is 3.59. The summed E-state index contributed by atoms with van der Waals surface area (Å²) in [5.74, 6) is 0.280. The molecule has 26 heavy (non-hydrogen) atoms. The second-order valence-corrected chi connectivity index (χ2v) is 7.76. The summed E-state index contributed by atoms with van der Waals surface area (Å²) in [6, 6.07) is 5.89. The van der Waals surface area contributed by atoms with Crippen LogP contribution in [0, 0.1) is 5.82 Å². The molecule has 0 bridgehead atoms. The third-order valence-electron chi connectivity index (χ3n) is 4.95. The Morgan fingerprint density at radius 3 is 2.85 bits per heavy atom. The van der Waals surface area contributed by atoms with Crippen LogP contribution in [0.3, 0.4) is 0 Å². The van der Waals surface area contributed by atoms with Gasteiger partial charge in [0.05, 0.1) is 11.7 Å². The first-order chi connectivity index (χ1) is 12.6. The largest absolute Gasteiger partial charge is 0.352 e. The van der Waals surface area contributed by atoms with Gasteiger partial charge in [-0.15, -0.1) is 0 Å². The highest BCUT2D eigenvalue weighted by Gasteiger charge is 2.30. The van der Waals surface area contributed by atoms with E-state index in [1.165, 1.54) is 12.1 Å². The maximum atomic E-state index is 12.9. The van der Waals surface area contributed by atoms with Crippen LogP contribution in [0.15, 0.2) is 34.2 Å². The Hall–Kier alpha value is -2.15. The molecule has 2 aromatic rings. The molecule has 0 saturated heterocycles. The Kier molecular flexibility index (Phi) is 4.80. The fourth-order valence-electron chi connectivity index (χ4n) is 3.55. The van der Waals surface area contributed by atoms with E-state index >= 15 is 0 Å². The van der Waals surface area contributed by atoms with Gasteiger partial charge in [-0.2, -0.15) is 0 Å². The summed E-state index contributed by atoms with van der Waals surface area (Å²) in [6.07, 6.45) is 4.03. The average Bonchev–Trinajstić information content (AvgIpc) is 3.04. The summed E-state index contributed by atoms with van der Waals surface area (Å²) in [7, 11) is 0. The highest BCUT2D eigenvalue weighted by atomic mass is 32.2. The number of aryl methyl sites for hydroxylation is 1. The van der Waals surface area contributed by atoms with Gasteiger partial charge in [0.15, 0.2) is 5.16 Å². The average molecular weight is 373 g/mol. The maximum Gasteiger partial charge on any atom is 0.257 e. The van der Waals surface area contributed by atoms with Crippen molar-refractivity contribution in [3.05, 3.63) is 57.3 Å². The number of carbonyl (C=O) groups excluding carboxylic acids is 1. The van der Waals surface area contributed by atoms with E-state index in [1.807, 2.05) is 0 Å². The van der Waals surface area contributed by atoms with Gasteiger partial charge < -0.3 is 5.32 Å². The van der Waals surface area contributed by atoms with Crippen molar-refractivity contribution in [2.45, 2.75) is 49.8 Å². The van der Waals surface area contributed by atoms with Crippen molar-refractivity contribution >= 4 is 17.7 Å². The number of nitrogens with zero attached hydrogens (tertiary/aromatic N) is 2. The third kappa shape index (κ3) is 3.40. The van der Waals surface area contributed by atoms with Crippen LogP contribution in [0.1, 0.15) is 42.1 Å². The summed E-state index contributed by atoms with van der Waals surface area (Å²) in [4.78, 5) is 29.8. The van der Waals surface area contributed by atoms with Crippen LogP contribution < -0.4 is 10.9 Å². The Labute approximate surface area is 155 Å². The number of hydrogen-bond acceptors (Lipinski definition) is 4. The molecule has 0 spiro atoms. The fraction of sp³-hybridized carbons (Fsp3) is 0.421. The Balaban J connectivity index is 1.45. The topological polar surface area (TPSA) is 64.0 Å². The van der Waals surface area contributed by atoms with Crippen LogP contribution in [0.5, 0.6) is 0 Å². The van der Waals surface area contributed by atoms with Crippen LogP contribution in [0.25, 0.3) is 0 Å². The van der Waals surface area contributed by atoms with E-state index in [0.717, 1.165) is 47.7 Å². The molecule has 1 atom stereocenters. The maximum absolute atomic E-state index is 12.9. The lowest BCUT2D eigenvalue weighted by molar-refractivity contribution is -0.121. The molecule has 1 aliphatic carbocycles. The van der Waals surface area contributed by atoms with E-state index < -0.39 is 0 Å². The lowest BCUT2D eigenvalue weighted by Gasteiger charge is -2.18. The number of halogens is 1. The van der Waals surface area contributed by atoms with Crippen molar-refractivity contribution in [3.63, 3.8) is 0 Å². The third-order valence-corrected chi connectivity index (χ3v) is 6.04. The fourth-order valence-corrected chi connectivity index (χ4v) is 4.71. The van der Waals surface area contributed by atoms with Gasteiger partial charge in [0.2, 0.25) is 5.91 Å². The smallest absolute Gasteiger partial charge is 0.257 e. The summed E-state index contributed by atoms with van der Waals surface area (Å²) in [5.41, 5.74) is 2.65. The zero-order chi connectivity index (χ0) is 18.1. The minimum absolute atomic E-state index is 0.0334. The van der Waals surface area contributed by atoms with E-state index in [0.29, 0.717) is 12.3 Å². The Morgan fingerprint density at radius 1 is 1.27 bits per heavy atom. The number of thioether (sulfide) groups is 1. The van der Waals surface area contributed by atoms with Crippen LogP contribution in [0.4, 0.5) is 4.39 Å². The SMILES string of the molecule is O=C(C[C@@H]1CSc2nc3c(c(=O)n21)CCCC3)NCc1ccc(F)cc1. The molecule has 1 aromatic carbocycles. The summed E-state index contributed by atoms with van der Waals surface area (Å²) in [6.45, 7) is 0.350. The molecule has 1 amide bonds. The molecule has 2 heterocycles. The van der Waals surface area contributed by atoms with Gasteiger partial charge in [0.1, 0.15) is 5.82 Å². The monoisotopic (exact) mass is 373 g/mol. The normalized spacial score (nSPS) is 18.3. The van der Waals surface area contributed by atoms with Crippen molar-refractivity contribution in [2.24, 2.45) is 0 Å². The van der Waals surface area contributed by atoms with Crippen molar-refractivity contribution in [2.75, 3.05) is 5.75 Å². The molecule has 7 heteroatoms. The standard InChI is InChI=1S/C19H20FN3O2S/c20-13-7-5-12(6-8-13)10-21-17(24)9-14-11-26-19-22-16-4-2-1-3-15(16)18(25)23(14)19/h5-8,14H,1-4,9-11H2,(H,21,24)/t14-/m1/s1. The molecule has 0 saturated carbocycles. The number of aromatic nitrogens is 2. The van der Waals surface area contributed by atoms with Crippen LogP contribution in [0.2, 0.25) is 0 Å². The molecule has 1 aromatic heterocycles. The van der Waals surface area contributed by atoms with Crippen LogP contribution in [-0.2, 0) is 24.2 Å². The number of carbonyl (C=O) groups is 1. The lowest BCUT2D eigenvalue weighted by Crippen LogP contribution is -2.33. The van der Waals surface area contributed by atoms with Crippen molar-refractivity contribution in [1.82, 2.24) is 14.9 Å². The zero-order valence-electron chi connectivity index (χ0n) is 14.3. The molecule has 0 unspecified atom stereocenters. The Morgan fingerprint density at radius 2 is 2.04 bits per heavy atom. The quantitative estimate of drug-likeness (QED) is 0.837. The molecule has 0 radical (unpaired) electrons. The molecule has 4 rings (SSSR count). The first kappa shape index (κ1) is 17.3. The number of nitrogens with one attached hydrogen (secondary N) is 1. The second kappa shape index (κ2) is 7.23. The van der Waals surface area contributed by atoms with Crippen molar-refractivity contribution < 1.29 is 9.18 Å². The number of benzene rings is 1. The molecule has 136 valence electrons. The van der Waals surface area contributed by atoms with Gasteiger partial charge in [-0.1, -0.05) is 23.9 Å². The predicted octanol–water partition coefficient (Wildman–Crippen LogP) is 2.61. The van der Waals surface area contributed by atoms with E-state index in [2.05, 4.69) is 10.3 Å². The van der Waals surface area contributed by atoms with Gasteiger partial charge in [-0.05, 0) is 43.4 Å². The van der Waals surface area contributed by atoms with Gasteiger partial charge >= 0.3 is 0 Å². The molecular weight excluding hydrogens is 353 g/mol. The minimum atomic E-state index is -0.296. The number of fused-ring (bicyclic) bond motifs is 2. The van der Waals surface area contributed by atoms with E-state index in [4.69, 9.17) is 0 Å². The molecule has 2 aliphatic rings. The van der Waals surface area contributed by atoms with Crippen molar-refractivity contribution in [1.29, 1.82) is 0 Å². The lowest BCUT2D eigenvalue weighted by atomic mass is 9.97. The summed E-state index contributed by atoms with van der Waals surface area (Å²) < 4.78 is 14.6. The predicted molar refractivity (Wildman–Crippen MR) is 97.8 cm³/mol. The molecule has 5 nitrogen and oxygen atoms in total. The van der Waals surface area contributed by atoms with E-state index in [-0.39, 0.29) is 29.7 Å². The minimum Gasteiger partial charge on any atom is -0.352 e. The number of rotatable bonds is 4. The highest BCUT2D eigenvalue weighted by Crippen LogP contribution is 2.33. The van der Waals surface area contributed by atoms with E-state index in [1.54, 1.807) is 28.5 Å². The molecular formula is C19H20FN3O2S. The van der Waals surface area contributed by atoms with Gasteiger partial charge in [0, 0.05) is 24.3 Å². The summed E-state index contributed by atoms with van der Waals surface area (Å²) >= 11 is 1.55. The number of hydrogen-bond donors (Lipinski definition) is 1. The second-order valence-electron chi connectivity index (χ2n) is 6.77. The van der Waals surface area contributed by atoms with Crippen LogP contribution in [-0.4, -0.2) is 21.2 Å². The Bertz CT molecular complexity index is 895. The number of amides is 1. The van der Waals surface area contributed by atoms with Gasteiger partial charge in [-0.3, -0.25) is 14.2 Å². The zero-order valence-corrected chi connectivity index (χ0v) is 15.2. The highest BCUT2D eigenvalue weighted by molar-refractivity contribution is 7.99. The van der Waals surface area contributed by atoms with Gasteiger partial charge in [-0.25, -0.2) is 9.37 Å². The molecule has 0 fully saturated rings. The molecule has 1 aliphatic heterocycles. The van der Waals surface area contributed by atoms with E-state index in [9.17, 15) is 14.0 Å². The molecule has 1 N–H and O–H groups in total. The van der Waals surface area contributed by atoms with Gasteiger partial charge in [0.25, 0.3) is 5.56 Å². The van der Waals surface area contributed by atoms with Crippen molar-refractivity contribution in [3.8, 4) is 0 Å². The first-order valence-corrected chi connectivity index (χ1v) is 9.88.